The molecule has 1 fully saturated rings. The molecule has 4 heterocycles. The number of fused-ring (bicyclic) bond motifs is 2. The Hall–Kier alpha value is -4.59. The van der Waals surface area contributed by atoms with Crippen LogP contribution in [0.25, 0.3) is 16.6 Å². The van der Waals surface area contributed by atoms with E-state index in [-0.39, 0.29) is 29.9 Å². The van der Waals surface area contributed by atoms with E-state index in [1.54, 1.807) is 47.1 Å². The van der Waals surface area contributed by atoms with Gasteiger partial charge in [0.2, 0.25) is 0 Å². The molecule has 42 heavy (non-hydrogen) atoms. The van der Waals surface area contributed by atoms with Crippen molar-refractivity contribution < 1.29 is 31.4 Å². The largest absolute Gasteiger partial charge is 0.483 e. The lowest BCUT2D eigenvalue weighted by Crippen LogP contribution is -2.65. The van der Waals surface area contributed by atoms with Crippen LogP contribution in [0.15, 0.2) is 67.4 Å². The van der Waals surface area contributed by atoms with E-state index in [1.807, 2.05) is 6.92 Å². The van der Waals surface area contributed by atoms with Gasteiger partial charge in [-0.25, -0.2) is 28.2 Å². The van der Waals surface area contributed by atoms with E-state index in [0.29, 0.717) is 33.3 Å². The van der Waals surface area contributed by atoms with E-state index in [0.717, 1.165) is 12.6 Å². The highest BCUT2D eigenvalue weighted by atomic mass is 19.4. The van der Waals surface area contributed by atoms with Crippen molar-refractivity contribution >= 4 is 28.1 Å². The molecule has 218 valence electrons. The molecule has 0 aliphatic carbocycles. The van der Waals surface area contributed by atoms with Crippen LogP contribution in [-0.4, -0.2) is 67.3 Å². The van der Waals surface area contributed by atoms with Crippen LogP contribution in [0, 0.1) is 6.92 Å². The Morgan fingerprint density at radius 3 is 2.62 bits per heavy atom. The predicted octanol–water partition coefficient (Wildman–Crippen LogP) is 6.17. The fourth-order valence-electron chi connectivity index (χ4n) is 5.11. The van der Waals surface area contributed by atoms with E-state index < -0.39 is 24.2 Å². The Labute approximate surface area is 235 Å². The van der Waals surface area contributed by atoms with Gasteiger partial charge >= 0.3 is 12.1 Å². The fourth-order valence-corrected chi connectivity index (χ4v) is 5.11. The van der Waals surface area contributed by atoms with Crippen LogP contribution in [0.2, 0.25) is 0 Å². The Morgan fingerprint density at radius 1 is 1.00 bits per heavy atom. The summed E-state index contributed by atoms with van der Waals surface area (Å²) in [5, 5.41) is 7.47. The molecular formula is C28H24F5N7O2. The maximum Gasteiger partial charge on any atom is 0.410 e. The molecular weight excluding hydrogens is 561 g/mol. The zero-order valence-electron chi connectivity index (χ0n) is 22.3. The zero-order chi connectivity index (χ0) is 29.6. The molecule has 2 aromatic carbocycles. The van der Waals surface area contributed by atoms with Crippen molar-refractivity contribution in [3.8, 4) is 17.2 Å². The van der Waals surface area contributed by atoms with E-state index >= 15 is 8.78 Å². The number of aryl methyl sites for hydroxylation is 1. The minimum Gasteiger partial charge on any atom is -0.483 e. The molecule has 2 atom stereocenters. The molecule has 1 aliphatic rings. The third kappa shape index (κ3) is 5.13. The van der Waals surface area contributed by atoms with Crippen molar-refractivity contribution in [1.29, 1.82) is 0 Å². The first-order chi connectivity index (χ1) is 20.0. The first-order valence-electron chi connectivity index (χ1n) is 12.9. The highest BCUT2D eigenvalue weighted by Crippen LogP contribution is 2.44. The highest BCUT2D eigenvalue weighted by Gasteiger charge is 2.64. The van der Waals surface area contributed by atoms with Crippen LogP contribution < -0.4 is 14.8 Å². The lowest BCUT2D eigenvalue weighted by molar-refractivity contribution is -0.277. The van der Waals surface area contributed by atoms with Crippen LogP contribution in [0.5, 0.6) is 17.2 Å². The molecule has 2 unspecified atom stereocenters. The van der Waals surface area contributed by atoms with Gasteiger partial charge in [0, 0.05) is 30.9 Å². The van der Waals surface area contributed by atoms with Gasteiger partial charge in [-0.3, -0.25) is 4.90 Å². The monoisotopic (exact) mass is 585 g/mol. The summed E-state index contributed by atoms with van der Waals surface area (Å²) >= 11 is 0. The molecule has 6 rings (SSSR count). The molecule has 3 aromatic heterocycles. The summed E-state index contributed by atoms with van der Waals surface area (Å²) in [5.74, 6) is -2.84. The van der Waals surface area contributed by atoms with Gasteiger partial charge in [-0.2, -0.15) is 18.3 Å². The third-order valence-electron chi connectivity index (χ3n) is 7.10. The lowest BCUT2D eigenvalue weighted by Gasteiger charge is -2.43. The van der Waals surface area contributed by atoms with Crippen LogP contribution in [0.1, 0.15) is 12.0 Å². The van der Waals surface area contributed by atoms with Gasteiger partial charge in [0.05, 0.1) is 10.9 Å². The van der Waals surface area contributed by atoms with Crippen molar-refractivity contribution in [1.82, 2.24) is 29.5 Å². The van der Waals surface area contributed by atoms with Crippen molar-refractivity contribution in [3.63, 3.8) is 0 Å². The van der Waals surface area contributed by atoms with Crippen molar-refractivity contribution in [2.45, 2.75) is 37.6 Å². The molecule has 1 N–H and O–H groups in total. The average molecular weight is 586 g/mol. The topological polar surface area (TPSA) is 89.7 Å². The standard InChI is InChI=1S/C28H24F5N7O2/c1-16-12-17(6-7-20(16)41-18-8-11-40-23(13-18)35-15-37-40)38-25-24-19(34-14-36-25)4-3-5-21(24)42-22-9-10-39(2)26(27(22,29)30)28(31,32)33/h3-8,11-15,22,26H,9-10H2,1-2H3,(H,34,36,38). The lowest BCUT2D eigenvalue weighted by atomic mass is 9.94. The number of aromatic nitrogens is 5. The number of hydrogen-bond donors (Lipinski definition) is 1. The minimum absolute atomic E-state index is 0.0497. The first kappa shape index (κ1) is 27.6. The molecule has 1 aliphatic heterocycles. The van der Waals surface area contributed by atoms with Crippen LogP contribution in [0.4, 0.5) is 33.5 Å². The quantitative estimate of drug-likeness (QED) is 0.237. The van der Waals surface area contributed by atoms with Crippen molar-refractivity contribution in [3.05, 3.63) is 72.9 Å². The molecule has 9 nitrogen and oxygen atoms in total. The summed E-state index contributed by atoms with van der Waals surface area (Å²) in [6.45, 7) is 1.64. The van der Waals surface area contributed by atoms with Crippen LogP contribution >= 0.6 is 0 Å². The maximum absolute atomic E-state index is 15.2. The maximum atomic E-state index is 15.2. The predicted molar refractivity (Wildman–Crippen MR) is 144 cm³/mol. The second-order valence-corrected chi connectivity index (χ2v) is 10.00. The molecule has 5 aromatic rings. The second kappa shape index (κ2) is 10.4. The SMILES string of the molecule is Cc1cc(Nc2ncnc3cccc(OC4CCN(C)C(C(F)(F)F)C4(F)F)c23)ccc1Oc1ccn2ncnc2c1. The average Bonchev–Trinajstić information content (AvgIpc) is 3.39. The van der Waals surface area contributed by atoms with E-state index in [4.69, 9.17) is 9.47 Å². The van der Waals surface area contributed by atoms with Gasteiger partial charge in [-0.1, -0.05) is 6.07 Å². The number of nitrogens with zero attached hydrogens (tertiary/aromatic N) is 6. The molecule has 14 heteroatoms. The Bertz CT molecular complexity index is 1760. The normalized spacial score (nSPS) is 19.2. The highest BCUT2D eigenvalue weighted by molar-refractivity contribution is 5.95. The number of halogens is 5. The second-order valence-electron chi connectivity index (χ2n) is 10.00. The van der Waals surface area contributed by atoms with Gasteiger partial charge in [0.15, 0.2) is 17.8 Å². The summed E-state index contributed by atoms with van der Waals surface area (Å²) in [6.07, 6.45) is -2.97. The summed E-state index contributed by atoms with van der Waals surface area (Å²) in [5.41, 5.74) is 2.38. The molecule has 0 radical (unpaired) electrons. The zero-order valence-corrected chi connectivity index (χ0v) is 22.3. The molecule has 0 bridgehead atoms. The minimum atomic E-state index is -5.13. The number of rotatable bonds is 6. The smallest absolute Gasteiger partial charge is 0.410 e. The number of nitrogens with one attached hydrogen (secondary N) is 1. The molecule has 0 amide bonds. The Kier molecular flexibility index (Phi) is 6.80. The van der Waals surface area contributed by atoms with Gasteiger partial charge in [0.1, 0.15) is 35.7 Å². The number of benzene rings is 2. The van der Waals surface area contributed by atoms with Gasteiger partial charge in [0.25, 0.3) is 0 Å². The number of ether oxygens (including phenoxy) is 2. The van der Waals surface area contributed by atoms with Crippen molar-refractivity contribution in [2.75, 3.05) is 18.9 Å². The number of pyridine rings is 1. The first-order valence-corrected chi connectivity index (χ1v) is 12.9. The number of alkyl halides is 5. The fraction of sp³-hybridized carbons (Fsp3) is 0.286. The Balaban J connectivity index is 1.27. The Morgan fingerprint density at radius 2 is 1.83 bits per heavy atom. The third-order valence-corrected chi connectivity index (χ3v) is 7.10. The van der Waals surface area contributed by atoms with Crippen LogP contribution in [0.3, 0.4) is 0 Å². The van der Waals surface area contributed by atoms with Gasteiger partial charge < -0.3 is 14.8 Å². The van der Waals surface area contributed by atoms with E-state index in [1.165, 1.54) is 24.8 Å². The van der Waals surface area contributed by atoms with Crippen LogP contribution in [-0.2, 0) is 0 Å². The van der Waals surface area contributed by atoms with Gasteiger partial charge in [-0.15, -0.1) is 0 Å². The van der Waals surface area contributed by atoms with E-state index in [2.05, 4.69) is 25.4 Å². The number of anilines is 2. The molecule has 0 spiro atoms. The summed E-state index contributed by atoms with van der Waals surface area (Å²) in [6, 6.07) is 10.4. The summed E-state index contributed by atoms with van der Waals surface area (Å²) in [4.78, 5) is 13.2. The van der Waals surface area contributed by atoms with Crippen molar-refractivity contribution in [2.24, 2.45) is 0 Å². The number of piperidine rings is 1. The van der Waals surface area contributed by atoms with Gasteiger partial charge in [-0.05, 0) is 55.9 Å². The van der Waals surface area contributed by atoms with E-state index in [9.17, 15) is 13.2 Å². The number of likely N-dealkylation sites (tertiary alicyclic amines) is 1. The molecule has 0 saturated carbocycles. The summed E-state index contributed by atoms with van der Waals surface area (Å²) < 4.78 is 84.3. The molecule has 1 saturated heterocycles. The summed E-state index contributed by atoms with van der Waals surface area (Å²) in [7, 11) is 1.03. The number of hydrogen-bond acceptors (Lipinski definition) is 8.